The standard InChI is InChI=1S/C23H19FN2O2/c24-17-9-10-21-19(12-17)23-20(14-28-21)22(25-26-23)16-7-4-8-18(11-16)27-13-15-5-2-1-3-6-15/h1-12,20,22,25H,13-14H2. The molecule has 3 aromatic carbocycles. The summed E-state index contributed by atoms with van der Waals surface area (Å²) in [6.45, 7) is 1.02. The highest BCUT2D eigenvalue weighted by Gasteiger charge is 2.38. The molecule has 0 spiro atoms. The first-order valence-corrected chi connectivity index (χ1v) is 9.30. The Hall–Kier alpha value is -3.34. The van der Waals surface area contributed by atoms with Crippen molar-refractivity contribution in [3.63, 3.8) is 0 Å². The van der Waals surface area contributed by atoms with Gasteiger partial charge in [0, 0.05) is 5.56 Å². The Balaban J connectivity index is 1.35. The topological polar surface area (TPSA) is 42.9 Å². The SMILES string of the molecule is Fc1ccc2c(c1)C1=NNC(c3cccc(OCc4ccccc4)c3)C1CO2. The lowest BCUT2D eigenvalue weighted by molar-refractivity contribution is 0.253. The molecule has 0 bridgehead atoms. The summed E-state index contributed by atoms with van der Waals surface area (Å²) >= 11 is 0. The van der Waals surface area contributed by atoms with Crippen LogP contribution in [-0.4, -0.2) is 12.3 Å². The van der Waals surface area contributed by atoms with Gasteiger partial charge in [0.2, 0.25) is 0 Å². The average molecular weight is 374 g/mol. The summed E-state index contributed by atoms with van der Waals surface area (Å²) in [5.74, 6) is 1.22. The van der Waals surface area contributed by atoms with Crippen LogP contribution in [0.15, 0.2) is 77.9 Å². The quantitative estimate of drug-likeness (QED) is 0.733. The minimum atomic E-state index is -0.287. The molecule has 0 saturated carbocycles. The molecule has 0 radical (unpaired) electrons. The molecule has 5 heteroatoms. The highest BCUT2D eigenvalue weighted by molar-refractivity contribution is 6.06. The predicted octanol–water partition coefficient (Wildman–Crippen LogP) is 4.46. The zero-order valence-corrected chi connectivity index (χ0v) is 15.1. The number of hydrazone groups is 1. The molecule has 2 unspecified atom stereocenters. The molecule has 4 nitrogen and oxygen atoms in total. The van der Waals surface area contributed by atoms with Crippen LogP contribution in [0.4, 0.5) is 4.39 Å². The third-order valence-electron chi connectivity index (χ3n) is 5.18. The minimum Gasteiger partial charge on any atom is -0.492 e. The Morgan fingerprint density at radius 2 is 1.93 bits per heavy atom. The highest BCUT2D eigenvalue weighted by Crippen LogP contribution is 2.38. The van der Waals surface area contributed by atoms with Crippen molar-refractivity contribution in [1.29, 1.82) is 0 Å². The van der Waals surface area contributed by atoms with E-state index < -0.39 is 0 Å². The summed E-state index contributed by atoms with van der Waals surface area (Å²) in [6.07, 6.45) is 0. The van der Waals surface area contributed by atoms with E-state index in [1.807, 2.05) is 54.6 Å². The Labute approximate surface area is 162 Å². The molecular weight excluding hydrogens is 355 g/mol. The molecule has 0 fully saturated rings. The summed E-state index contributed by atoms with van der Waals surface area (Å²) in [6, 6.07) is 22.6. The van der Waals surface area contributed by atoms with E-state index in [4.69, 9.17) is 9.47 Å². The fourth-order valence-electron chi connectivity index (χ4n) is 3.76. The summed E-state index contributed by atoms with van der Waals surface area (Å²) < 4.78 is 25.5. The van der Waals surface area contributed by atoms with Crippen LogP contribution in [0.1, 0.15) is 22.7 Å². The van der Waals surface area contributed by atoms with Crippen LogP contribution in [-0.2, 0) is 6.61 Å². The van der Waals surface area contributed by atoms with Crippen LogP contribution >= 0.6 is 0 Å². The van der Waals surface area contributed by atoms with E-state index in [0.29, 0.717) is 19.0 Å². The van der Waals surface area contributed by atoms with E-state index >= 15 is 0 Å². The number of benzene rings is 3. The van der Waals surface area contributed by atoms with Gasteiger partial charge >= 0.3 is 0 Å². The fraction of sp³-hybridized carbons (Fsp3) is 0.174. The largest absolute Gasteiger partial charge is 0.492 e. The van der Waals surface area contributed by atoms with E-state index in [2.05, 4.69) is 10.5 Å². The summed E-state index contributed by atoms with van der Waals surface area (Å²) in [5, 5.41) is 4.50. The Bertz CT molecular complexity index is 1040. The normalized spacial score (nSPS) is 19.7. The van der Waals surface area contributed by atoms with Crippen molar-refractivity contribution in [2.75, 3.05) is 6.61 Å². The fourth-order valence-corrected chi connectivity index (χ4v) is 3.76. The molecular formula is C23H19FN2O2. The van der Waals surface area contributed by atoms with Crippen LogP contribution in [0, 0.1) is 11.7 Å². The van der Waals surface area contributed by atoms with Gasteiger partial charge in [-0.25, -0.2) is 4.39 Å². The first-order chi connectivity index (χ1) is 13.8. The smallest absolute Gasteiger partial charge is 0.128 e. The maximum atomic E-state index is 13.7. The molecule has 0 aromatic heterocycles. The second-order valence-corrected chi connectivity index (χ2v) is 7.01. The second kappa shape index (κ2) is 7.00. The van der Waals surface area contributed by atoms with Gasteiger partial charge in [-0.2, -0.15) is 5.10 Å². The van der Waals surface area contributed by atoms with Gasteiger partial charge < -0.3 is 14.9 Å². The van der Waals surface area contributed by atoms with Crippen molar-refractivity contribution in [3.8, 4) is 11.5 Å². The van der Waals surface area contributed by atoms with Crippen molar-refractivity contribution >= 4 is 5.71 Å². The maximum absolute atomic E-state index is 13.7. The number of nitrogens with one attached hydrogen (secondary N) is 1. The molecule has 2 atom stereocenters. The van der Waals surface area contributed by atoms with Gasteiger partial charge in [0.15, 0.2) is 0 Å². The summed E-state index contributed by atoms with van der Waals surface area (Å²) in [7, 11) is 0. The van der Waals surface area contributed by atoms with Gasteiger partial charge in [0.1, 0.15) is 23.9 Å². The van der Waals surface area contributed by atoms with Crippen LogP contribution in [0.3, 0.4) is 0 Å². The number of nitrogens with zero attached hydrogens (tertiary/aromatic N) is 1. The molecule has 140 valence electrons. The van der Waals surface area contributed by atoms with Crippen LogP contribution in [0.5, 0.6) is 11.5 Å². The van der Waals surface area contributed by atoms with Crippen LogP contribution in [0.25, 0.3) is 0 Å². The first-order valence-electron chi connectivity index (χ1n) is 9.30. The summed E-state index contributed by atoms with van der Waals surface area (Å²) in [5.41, 5.74) is 6.97. The molecule has 0 saturated heterocycles. The molecule has 3 aromatic rings. The number of hydrogen-bond donors (Lipinski definition) is 1. The van der Waals surface area contributed by atoms with Crippen LogP contribution in [0.2, 0.25) is 0 Å². The molecule has 5 rings (SSSR count). The number of halogens is 1. The van der Waals surface area contributed by atoms with E-state index in [1.54, 1.807) is 6.07 Å². The monoisotopic (exact) mass is 374 g/mol. The van der Waals surface area contributed by atoms with Crippen molar-refractivity contribution in [2.24, 2.45) is 11.0 Å². The van der Waals surface area contributed by atoms with Crippen molar-refractivity contribution < 1.29 is 13.9 Å². The third-order valence-corrected chi connectivity index (χ3v) is 5.18. The Morgan fingerprint density at radius 1 is 1.04 bits per heavy atom. The first kappa shape index (κ1) is 16.8. The second-order valence-electron chi connectivity index (χ2n) is 7.01. The zero-order valence-electron chi connectivity index (χ0n) is 15.1. The molecule has 0 amide bonds. The molecule has 28 heavy (non-hydrogen) atoms. The number of fused-ring (bicyclic) bond motifs is 3. The number of hydrogen-bond acceptors (Lipinski definition) is 4. The maximum Gasteiger partial charge on any atom is 0.128 e. The number of rotatable bonds is 4. The Kier molecular flexibility index (Phi) is 4.20. The number of ether oxygens (including phenoxy) is 2. The van der Waals surface area contributed by atoms with E-state index in [-0.39, 0.29) is 17.8 Å². The van der Waals surface area contributed by atoms with Crippen molar-refractivity contribution in [1.82, 2.24) is 5.43 Å². The van der Waals surface area contributed by atoms with Crippen LogP contribution < -0.4 is 14.9 Å². The van der Waals surface area contributed by atoms with Gasteiger partial charge in [-0.3, -0.25) is 0 Å². The lowest BCUT2D eigenvalue weighted by Crippen LogP contribution is -2.31. The third kappa shape index (κ3) is 3.09. The van der Waals surface area contributed by atoms with E-state index in [0.717, 1.165) is 28.2 Å². The molecule has 2 aliphatic rings. The average Bonchev–Trinajstić information content (AvgIpc) is 3.18. The van der Waals surface area contributed by atoms with E-state index in [9.17, 15) is 4.39 Å². The minimum absolute atomic E-state index is 0.0265. The predicted molar refractivity (Wildman–Crippen MR) is 105 cm³/mol. The van der Waals surface area contributed by atoms with Crippen molar-refractivity contribution in [2.45, 2.75) is 12.6 Å². The van der Waals surface area contributed by atoms with Gasteiger partial charge in [0.05, 0.1) is 24.3 Å². The zero-order chi connectivity index (χ0) is 18.9. The van der Waals surface area contributed by atoms with Crippen molar-refractivity contribution in [3.05, 3.63) is 95.3 Å². The molecule has 2 aliphatic heterocycles. The molecule has 2 heterocycles. The van der Waals surface area contributed by atoms with Gasteiger partial charge in [0.25, 0.3) is 0 Å². The highest BCUT2D eigenvalue weighted by atomic mass is 19.1. The van der Waals surface area contributed by atoms with E-state index in [1.165, 1.54) is 12.1 Å². The summed E-state index contributed by atoms with van der Waals surface area (Å²) in [4.78, 5) is 0. The Morgan fingerprint density at radius 3 is 2.82 bits per heavy atom. The molecule has 1 N–H and O–H groups in total. The van der Waals surface area contributed by atoms with Gasteiger partial charge in [-0.1, -0.05) is 42.5 Å². The lowest BCUT2D eigenvalue weighted by Gasteiger charge is -2.27. The van der Waals surface area contributed by atoms with Gasteiger partial charge in [-0.15, -0.1) is 0 Å². The lowest BCUT2D eigenvalue weighted by atomic mass is 9.86. The molecule has 0 aliphatic carbocycles. The van der Waals surface area contributed by atoms with Gasteiger partial charge in [-0.05, 0) is 41.5 Å².